The number of nitrogens with zero attached hydrogens (tertiary/aromatic N) is 1. The number of furan rings is 1. The van der Waals surface area contributed by atoms with Gasteiger partial charge in [0.15, 0.2) is 0 Å². The molecule has 0 amide bonds. The predicted octanol–water partition coefficient (Wildman–Crippen LogP) is 3.50. The normalized spacial score (nSPS) is 10.6. The van der Waals surface area contributed by atoms with Crippen molar-refractivity contribution in [2.45, 2.75) is 0 Å². The number of rotatable bonds is 2. The Hall–Kier alpha value is -2.29. The Morgan fingerprint density at radius 3 is 2.82 bits per heavy atom. The van der Waals surface area contributed by atoms with E-state index in [-0.39, 0.29) is 0 Å². The third-order valence-corrected chi connectivity index (χ3v) is 2.72. The Morgan fingerprint density at radius 1 is 1.12 bits per heavy atom. The molecule has 0 radical (unpaired) electrons. The van der Waals surface area contributed by atoms with E-state index < -0.39 is 0 Å². The van der Waals surface area contributed by atoms with Gasteiger partial charge < -0.3 is 9.15 Å². The fourth-order valence-corrected chi connectivity index (χ4v) is 1.96. The molecule has 0 atom stereocenters. The van der Waals surface area contributed by atoms with Gasteiger partial charge >= 0.3 is 0 Å². The first kappa shape index (κ1) is 9.90. The number of fused-ring (bicyclic) bond motifs is 1. The van der Waals surface area contributed by atoms with Crippen molar-refractivity contribution in [1.29, 1.82) is 0 Å². The molecule has 0 fully saturated rings. The van der Waals surface area contributed by atoms with Gasteiger partial charge in [0, 0.05) is 17.1 Å². The second-order valence-corrected chi connectivity index (χ2v) is 3.71. The highest BCUT2D eigenvalue weighted by Gasteiger charge is 2.12. The minimum Gasteiger partial charge on any atom is -0.468 e. The van der Waals surface area contributed by atoms with E-state index in [0.29, 0.717) is 5.95 Å². The third-order valence-electron chi connectivity index (χ3n) is 2.72. The first-order valence-electron chi connectivity index (χ1n) is 5.36. The molecule has 3 nitrogen and oxygen atoms in total. The lowest BCUT2D eigenvalue weighted by Gasteiger charge is -2.03. The molecule has 17 heavy (non-hydrogen) atoms. The lowest BCUT2D eigenvalue weighted by atomic mass is 10.1. The molecule has 84 valence electrons. The molecule has 0 bridgehead atoms. The number of ether oxygens (including phenoxy) is 1. The van der Waals surface area contributed by atoms with Crippen molar-refractivity contribution in [3.8, 4) is 17.2 Å². The second-order valence-electron chi connectivity index (χ2n) is 3.71. The predicted molar refractivity (Wildman–Crippen MR) is 66.0 cm³/mol. The lowest BCUT2D eigenvalue weighted by Crippen LogP contribution is -1.85. The van der Waals surface area contributed by atoms with Crippen molar-refractivity contribution in [1.82, 2.24) is 4.98 Å². The lowest BCUT2D eigenvalue weighted by molar-refractivity contribution is 0.310. The maximum atomic E-state index is 5.38. The second kappa shape index (κ2) is 3.94. The summed E-state index contributed by atoms with van der Waals surface area (Å²) in [5.41, 5.74) is 1.94. The van der Waals surface area contributed by atoms with E-state index in [1.165, 1.54) is 0 Å². The van der Waals surface area contributed by atoms with Crippen molar-refractivity contribution >= 4 is 10.8 Å². The molecule has 3 heteroatoms. The average Bonchev–Trinajstić information content (AvgIpc) is 2.82. The highest BCUT2D eigenvalue weighted by Crippen LogP contribution is 2.35. The first-order valence-corrected chi connectivity index (χ1v) is 5.36. The van der Waals surface area contributed by atoms with Crippen LogP contribution < -0.4 is 4.74 Å². The summed E-state index contributed by atoms with van der Waals surface area (Å²) in [5, 5.41) is 1.98. The van der Waals surface area contributed by atoms with Crippen molar-refractivity contribution in [2.75, 3.05) is 7.11 Å². The Labute approximate surface area is 98.7 Å². The zero-order chi connectivity index (χ0) is 11.7. The van der Waals surface area contributed by atoms with Crippen LogP contribution in [0.4, 0.5) is 0 Å². The molecule has 0 saturated heterocycles. The molecule has 0 aliphatic heterocycles. The van der Waals surface area contributed by atoms with Gasteiger partial charge in [-0.15, -0.1) is 0 Å². The van der Waals surface area contributed by atoms with Crippen LogP contribution in [0, 0.1) is 0 Å². The zero-order valence-corrected chi connectivity index (χ0v) is 9.38. The molecular weight excluding hydrogens is 214 g/mol. The van der Waals surface area contributed by atoms with Gasteiger partial charge in [-0.25, -0.2) is 0 Å². The van der Waals surface area contributed by atoms with Crippen LogP contribution in [0.5, 0.6) is 5.95 Å². The molecule has 0 aliphatic rings. The molecule has 0 aliphatic carbocycles. The average molecular weight is 225 g/mol. The first-order chi connectivity index (χ1) is 8.40. The van der Waals surface area contributed by atoms with Gasteiger partial charge in [0.25, 0.3) is 5.95 Å². The Morgan fingerprint density at radius 2 is 2.06 bits per heavy atom. The van der Waals surface area contributed by atoms with Gasteiger partial charge in [-0.1, -0.05) is 24.3 Å². The summed E-state index contributed by atoms with van der Waals surface area (Å²) >= 11 is 0. The fraction of sp³-hybridized carbons (Fsp3) is 0.0714. The highest BCUT2D eigenvalue weighted by atomic mass is 16.6. The van der Waals surface area contributed by atoms with Gasteiger partial charge in [0.05, 0.1) is 18.2 Å². The maximum absolute atomic E-state index is 5.38. The summed E-state index contributed by atoms with van der Waals surface area (Å²) in [4.78, 5) is 4.36. The smallest absolute Gasteiger partial charge is 0.292 e. The number of methoxy groups -OCH3 is 1. The van der Waals surface area contributed by atoms with E-state index in [1.54, 1.807) is 19.6 Å². The summed E-state index contributed by atoms with van der Waals surface area (Å²) in [7, 11) is 1.60. The minimum absolute atomic E-state index is 0.529. The summed E-state index contributed by atoms with van der Waals surface area (Å²) in [6, 6.07) is 11.8. The highest BCUT2D eigenvalue weighted by molar-refractivity contribution is 5.99. The number of benzene rings is 1. The molecule has 1 aromatic carbocycles. The van der Waals surface area contributed by atoms with E-state index in [9.17, 15) is 0 Å². The number of pyridine rings is 1. The van der Waals surface area contributed by atoms with E-state index in [0.717, 1.165) is 22.0 Å². The summed E-state index contributed by atoms with van der Waals surface area (Å²) in [6.45, 7) is 0. The van der Waals surface area contributed by atoms with Crippen LogP contribution in [0.3, 0.4) is 0 Å². The zero-order valence-electron chi connectivity index (χ0n) is 9.38. The molecule has 3 aromatic rings. The van der Waals surface area contributed by atoms with Crippen LogP contribution in [-0.2, 0) is 0 Å². The van der Waals surface area contributed by atoms with E-state index in [4.69, 9.17) is 9.15 Å². The van der Waals surface area contributed by atoms with E-state index >= 15 is 0 Å². The SMILES string of the molecule is COc1occ2cccc(-c3ccccn3)c12. The molecule has 0 spiro atoms. The Balaban J connectivity index is 2.33. The van der Waals surface area contributed by atoms with Gasteiger partial charge in [0.1, 0.15) is 6.26 Å². The Bertz CT molecular complexity index is 644. The summed E-state index contributed by atoms with van der Waals surface area (Å²) in [5.74, 6) is 0.529. The number of hydrogen-bond acceptors (Lipinski definition) is 3. The van der Waals surface area contributed by atoms with Crippen LogP contribution in [0.15, 0.2) is 53.3 Å². The van der Waals surface area contributed by atoms with Crippen LogP contribution in [0.1, 0.15) is 0 Å². The monoisotopic (exact) mass is 225 g/mol. The quantitative estimate of drug-likeness (QED) is 0.669. The molecule has 0 N–H and O–H groups in total. The van der Waals surface area contributed by atoms with E-state index in [1.807, 2.05) is 36.4 Å². The standard InChI is InChI=1S/C14H11NO2/c1-16-14-13-10(9-17-14)5-4-6-11(13)12-7-2-3-8-15-12/h2-9H,1H3. The van der Waals surface area contributed by atoms with Crippen LogP contribution in [0.25, 0.3) is 22.0 Å². The van der Waals surface area contributed by atoms with Crippen LogP contribution >= 0.6 is 0 Å². The van der Waals surface area contributed by atoms with Crippen molar-refractivity contribution in [3.63, 3.8) is 0 Å². The summed E-state index contributed by atoms with van der Waals surface area (Å²) in [6.07, 6.45) is 3.47. The van der Waals surface area contributed by atoms with Crippen molar-refractivity contribution in [3.05, 3.63) is 48.9 Å². The van der Waals surface area contributed by atoms with Gasteiger partial charge in [-0.05, 0) is 12.1 Å². The van der Waals surface area contributed by atoms with Crippen LogP contribution in [-0.4, -0.2) is 12.1 Å². The largest absolute Gasteiger partial charge is 0.468 e. The molecule has 2 aromatic heterocycles. The third kappa shape index (κ3) is 1.56. The molecule has 0 unspecified atom stereocenters. The molecule has 2 heterocycles. The van der Waals surface area contributed by atoms with Gasteiger partial charge in [-0.3, -0.25) is 4.98 Å². The fourth-order valence-electron chi connectivity index (χ4n) is 1.96. The van der Waals surface area contributed by atoms with Crippen LogP contribution in [0.2, 0.25) is 0 Å². The van der Waals surface area contributed by atoms with Crippen molar-refractivity contribution in [2.24, 2.45) is 0 Å². The minimum atomic E-state index is 0.529. The van der Waals surface area contributed by atoms with Gasteiger partial charge in [-0.2, -0.15) is 0 Å². The van der Waals surface area contributed by atoms with E-state index in [2.05, 4.69) is 4.98 Å². The molecule has 3 rings (SSSR count). The summed E-state index contributed by atoms with van der Waals surface area (Å²) < 4.78 is 10.6. The Kier molecular flexibility index (Phi) is 2.29. The molecule has 0 saturated carbocycles. The number of aromatic nitrogens is 1. The van der Waals surface area contributed by atoms with Crippen molar-refractivity contribution < 1.29 is 9.15 Å². The maximum Gasteiger partial charge on any atom is 0.292 e. The van der Waals surface area contributed by atoms with Gasteiger partial charge in [0.2, 0.25) is 0 Å². The number of hydrogen-bond donors (Lipinski definition) is 0. The topological polar surface area (TPSA) is 35.3 Å². The molecular formula is C14H11NO2.